The predicted molar refractivity (Wildman–Crippen MR) is 97.0 cm³/mol. The van der Waals surface area contributed by atoms with E-state index in [2.05, 4.69) is 15.6 Å². The summed E-state index contributed by atoms with van der Waals surface area (Å²) in [6, 6.07) is 11.2. The van der Waals surface area contributed by atoms with Gasteiger partial charge in [-0.15, -0.1) is 0 Å². The monoisotopic (exact) mass is 338 g/mol. The van der Waals surface area contributed by atoms with E-state index in [1.54, 1.807) is 12.1 Å². The number of carbonyl (C=O) groups is 1. The molecule has 0 aliphatic rings. The molecule has 130 valence electrons. The van der Waals surface area contributed by atoms with E-state index in [-0.39, 0.29) is 5.91 Å². The zero-order valence-electron chi connectivity index (χ0n) is 14.5. The summed E-state index contributed by atoms with van der Waals surface area (Å²) in [5, 5.41) is 5.86. The fraction of sp³-hybridized carbons (Fsp3) is 0.263. The lowest BCUT2D eigenvalue weighted by atomic mass is 10.2. The molecular weight excluding hydrogens is 316 g/mol. The van der Waals surface area contributed by atoms with Crippen LogP contribution in [0.1, 0.15) is 21.6 Å². The fourth-order valence-corrected chi connectivity index (χ4v) is 2.55. The number of hydrogen-bond donors (Lipinski definition) is 2. The van der Waals surface area contributed by atoms with Crippen LogP contribution in [-0.4, -0.2) is 35.4 Å². The molecular formula is C19H22N4O2. The van der Waals surface area contributed by atoms with Crippen molar-refractivity contribution in [3.63, 3.8) is 0 Å². The number of aryl methyl sites for hydroxylation is 1. The molecule has 0 fully saturated rings. The normalized spacial score (nSPS) is 10.8. The third-order valence-corrected chi connectivity index (χ3v) is 3.82. The van der Waals surface area contributed by atoms with E-state index < -0.39 is 0 Å². The molecule has 3 aromatic rings. The minimum atomic E-state index is -0.142. The van der Waals surface area contributed by atoms with Crippen molar-refractivity contribution in [3.05, 3.63) is 65.6 Å². The molecule has 0 saturated heterocycles. The van der Waals surface area contributed by atoms with Gasteiger partial charge in [0.15, 0.2) is 0 Å². The molecule has 0 aliphatic carbocycles. The number of amides is 1. The van der Waals surface area contributed by atoms with E-state index in [4.69, 9.17) is 4.74 Å². The molecule has 0 unspecified atom stereocenters. The second-order valence-electron chi connectivity index (χ2n) is 5.85. The number of ether oxygens (including phenoxy) is 1. The average molecular weight is 338 g/mol. The van der Waals surface area contributed by atoms with Crippen LogP contribution in [-0.2, 0) is 6.61 Å². The Morgan fingerprint density at radius 1 is 1.16 bits per heavy atom. The highest BCUT2D eigenvalue weighted by Gasteiger charge is 2.12. The number of pyridine rings is 1. The number of rotatable bonds is 7. The molecule has 2 aromatic heterocycles. The highest BCUT2D eigenvalue weighted by Crippen LogP contribution is 2.19. The van der Waals surface area contributed by atoms with Crippen LogP contribution in [0.5, 0.6) is 5.75 Å². The zero-order valence-corrected chi connectivity index (χ0v) is 14.5. The summed E-state index contributed by atoms with van der Waals surface area (Å²) in [4.78, 5) is 16.8. The standard InChI is InChI=1S/C19H22N4O2/c1-14-7-8-18-22-15(12-23(18)11-14)13-25-17-6-4-3-5-16(17)19(24)21-10-9-20-2/h3-8,11-12,20H,9-10,13H2,1-2H3,(H,21,24). The van der Waals surface area contributed by atoms with Gasteiger partial charge in [-0.3, -0.25) is 4.79 Å². The van der Waals surface area contributed by atoms with E-state index in [0.717, 1.165) is 17.9 Å². The third kappa shape index (κ3) is 4.16. The van der Waals surface area contributed by atoms with Crippen LogP contribution in [0.15, 0.2) is 48.8 Å². The van der Waals surface area contributed by atoms with Crippen LogP contribution in [0.2, 0.25) is 0 Å². The number of nitrogens with zero attached hydrogens (tertiary/aromatic N) is 2. The molecule has 1 amide bonds. The van der Waals surface area contributed by atoms with Crippen molar-refractivity contribution in [3.8, 4) is 5.75 Å². The van der Waals surface area contributed by atoms with Gasteiger partial charge in [0, 0.05) is 25.5 Å². The van der Waals surface area contributed by atoms with Crippen LogP contribution in [0.3, 0.4) is 0 Å². The highest BCUT2D eigenvalue weighted by molar-refractivity contribution is 5.96. The number of fused-ring (bicyclic) bond motifs is 1. The maximum atomic E-state index is 12.3. The average Bonchev–Trinajstić information content (AvgIpc) is 3.02. The van der Waals surface area contributed by atoms with Crippen molar-refractivity contribution in [2.45, 2.75) is 13.5 Å². The first kappa shape index (κ1) is 17.0. The Hall–Kier alpha value is -2.86. The van der Waals surface area contributed by atoms with Crippen molar-refractivity contribution in [1.82, 2.24) is 20.0 Å². The van der Waals surface area contributed by atoms with E-state index in [0.29, 0.717) is 24.5 Å². The van der Waals surface area contributed by atoms with Crippen molar-refractivity contribution >= 4 is 11.6 Å². The van der Waals surface area contributed by atoms with Crippen LogP contribution < -0.4 is 15.4 Å². The molecule has 2 heterocycles. The summed E-state index contributed by atoms with van der Waals surface area (Å²) in [6.45, 7) is 3.63. The summed E-state index contributed by atoms with van der Waals surface area (Å²) in [7, 11) is 1.85. The van der Waals surface area contributed by atoms with Gasteiger partial charge in [-0.2, -0.15) is 0 Å². The molecule has 0 saturated carbocycles. The molecule has 6 heteroatoms. The topological polar surface area (TPSA) is 67.7 Å². The first-order valence-corrected chi connectivity index (χ1v) is 8.26. The van der Waals surface area contributed by atoms with Gasteiger partial charge in [-0.1, -0.05) is 18.2 Å². The number of carbonyl (C=O) groups excluding carboxylic acids is 1. The van der Waals surface area contributed by atoms with E-state index in [1.165, 1.54) is 5.56 Å². The molecule has 0 bridgehead atoms. The molecule has 3 rings (SSSR count). The van der Waals surface area contributed by atoms with Gasteiger partial charge in [0.2, 0.25) is 0 Å². The lowest BCUT2D eigenvalue weighted by molar-refractivity contribution is 0.0949. The number of para-hydroxylation sites is 1. The molecule has 6 nitrogen and oxygen atoms in total. The van der Waals surface area contributed by atoms with E-state index >= 15 is 0 Å². The van der Waals surface area contributed by atoms with Crippen LogP contribution in [0.25, 0.3) is 5.65 Å². The maximum Gasteiger partial charge on any atom is 0.255 e. The Bertz CT molecular complexity index is 873. The molecule has 1 aromatic carbocycles. The number of hydrogen-bond acceptors (Lipinski definition) is 4. The largest absolute Gasteiger partial charge is 0.486 e. The van der Waals surface area contributed by atoms with Crippen LogP contribution in [0, 0.1) is 6.92 Å². The second kappa shape index (κ2) is 7.81. The van der Waals surface area contributed by atoms with E-state index in [1.807, 2.05) is 55.0 Å². The van der Waals surface area contributed by atoms with Gasteiger partial charge in [0.1, 0.15) is 18.0 Å². The highest BCUT2D eigenvalue weighted by atomic mass is 16.5. The smallest absolute Gasteiger partial charge is 0.255 e. The molecule has 0 radical (unpaired) electrons. The van der Waals surface area contributed by atoms with Crippen LogP contribution in [0.4, 0.5) is 0 Å². The van der Waals surface area contributed by atoms with Crippen molar-refractivity contribution in [2.75, 3.05) is 20.1 Å². The zero-order chi connectivity index (χ0) is 17.6. The second-order valence-corrected chi connectivity index (χ2v) is 5.85. The number of benzene rings is 1. The Kier molecular flexibility index (Phi) is 5.30. The van der Waals surface area contributed by atoms with Gasteiger partial charge in [-0.25, -0.2) is 4.98 Å². The quantitative estimate of drug-likeness (QED) is 0.648. The van der Waals surface area contributed by atoms with Gasteiger partial charge in [0.25, 0.3) is 5.91 Å². The Labute approximate surface area is 146 Å². The Morgan fingerprint density at radius 2 is 2.00 bits per heavy atom. The summed E-state index contributed by atoms with van der Waals surface area (Å²) in [5.41, 5.74) is 3.39. The van der Waals surface area contributed by atoms with Crippen molar-refractivity contribution in [1.29, 1.82) is 0 Å². The van der Waals surface area contributed by atoms with Gasteiger partial charge < -0.3 is 19.8 Å². The SMILES string of the molecule is CNCCNC(=O)c1ccccc1OCc1cn2cc(C)ccc2n1. The Balaban J connectivity index is 1.70. The summed E-state index contributed by atoms with van der Waals surface area (Å²) in [6.07, 6.45) is 3.97. The van der Waals surface area contributed by atoms with Crippen molar-refractivity contribution in [2.24, 2.45) is 0 Å². The number of likely N-dealkylation sites (N-methyl/N-ethyl adjacent to an activating group) is 1. The third-order valence-electron chi connectivity index (χ3n) is 3.82. The predicted octanol–water partition coefficient (Wildman–Crippen LogP) is 2.17. The van der Waals surface area contributed by atoms with Gasteiger partial charge in [0.05, 0.1) is 11.3 Å². The first-order chi connectivity index (χ1) is 12.2. The number of imidazole rings is 1. The summed E-state index contributed by atoms with van der Waals surface area (Å²) in [5.74, 6) is 0.411. The molecule has 25 heavy (non-hydrogen) atoms. The molecule has 0 aliphatic heterocycles. The van der Waals surface area contributed by atoms with Crippen molar-refractivity contribution < 1.29 is 9.53 Å². The maximum absolute atomic E-state index is 12.3. The van der Waals surface area contributed by atoms with E-state index in [9.17, 15) is 4.79 Å². The Morgan fingerprint density at radius 3 is 2.84 bits per heavy atom. The minimum absolute atomic E-state index is 0.142. The summed E-state index contributed by atoms with van der Waals surface area (Å²) < 4.78 is 7.83. The first-order valence-electron chi connectivity index (χ1n) is 8.26. The lowest BCUT2D eigenvalue weighted by Crippen LogP contribution is -2.30. The summed E-state index contributed by atoms with van der Waals surface area (Å²) >= 11 is 0. The fourth-order valence-electron chi connectivity index (χ4n) is 2.55. The number of aromatic nitrogens is 2. The van der Waals surface area contributed by atoms with Gasteiger partial charge in [-0.05, 0) is 37.7 Å². The van der Waals surface area contributed by atoms with Gasteiger partial charge >= 0.3 is 0 Å². The lowest BCUT2D eigenvalue weighted by Gasteiger charge is -2.10. The molecule has 0 atom stereocenters. The number of nitrogens with one attached hydrogen (secondary N) is 2. The molecule has 2 N–H and O–H groups in total. The minimum Gasteiger partial charge on any atom is -0.486 e. The van der Waals surface area contributed by atoms with Crippen LogP contribution >= 0.6 is 0 Å². The molecule has 0 spiro atoms.